The minimum absolute atomic E-state index is 0.0773. The van der Waals surface area contributed by atoms with Gasteiger partial charge in [-0.3, -0.25) is 4.90 Å². The number of sulfonamides is 1. The predicted octanol–water partition coefficient (Wildman–Crippen LogP) is 2.66. The van der Waals surface area contributed by atoms with Crippen molar-refractivity contribution < 1.29 is 13.2 Å². The quantitative estimate of drug-likeness (QED) is 0.828. The maximum atomic E-state index is 12.7. The summed E-state index contributed by atoms with van der Waals surface area (Å²) in [5.74, 6) is 1.04. The van der Waals surface area contributed by atoms with Crippen LogP contribution in [-0.2, 0) is 15.8 Å². The number of rotatable bonds is 4. The molecule has 138 valence electrons. The molecular formula is C20H24N2O3S. The van der Waals surface area contributed by atoms with Crippen LogP contribution in [0.5, 0.6) is 5.75 Å². The second kappa shape index (κ2) is 7.39. The third-order valence-corrected chi connectivity index (χ3v) is 7.08. The van der Waals surface area contributed by atoms with Crippen molar-refractivity contribution in [1.29, 1.82) is 0 Å². The van der Waals surface area contributed by atoms with Crippen molar-refractivity contribution in [2.75, 3.05) is 32.8 Å². The first kappa shape index (κ1) is 17.5. The number of hydrogen-bond donors (Lipinski definition) is 0. The first-order valence-corrected chi connectivity index (χ1v) is 10.7. The van der Waals surface area contributed by atoms with Gasteiger partial charge in [0, 0.05) is 44.2 Å². The van der Waals surface area contributed by atoms with Gasteiger partial charge in [-0.25, -0.2) is 8.42 Å². The van der Waals surface area contributed by atoms with E-state index in [4.69, 9.17) is 4.74 Å². The third kappa shape index (κ3) is 3.63. The summed E-state index contributed by atoms with van der Waals surface area (Å²) >= 11 is 0. The van der Waals surface area contributed by atoms with E-state index in [2.05, 4.69) is 11.0 Å². The van der Waals surface area contributed by atoms with Gasteiger partial charge in [-0.15, -0.1) is 0 Å². The summed E-state index contributed by atoms with van der Waals surface area (Å²) < 4.78 is 32.8. The summed E-state index contributed by atoms with van der Waals surface area (Å²) in [6.45, 7) is 3.33. The van der Waals surface area contributed by atoms with Crippen LogP contribution in [0.2, 0.25) is 0 Å². The predicted molar refractivity (Wildman–Crippen MR) is 102 cm³/mol. The highest BCUT2D eigenvalue weighted by Gasteiger charge is 2.32. The summed E-state index contributed by atoms with van der Waals surface area (Å²) in [7, 11) is -3.27. The van der Waals surface area contributed by atoms with E-state index < -0.39 is 10.0 Å². The van der Waals surface area contributed by atoms with E-state index in [9.17, 15) is 8.42 Å². The van der Waals surface area contributed by atoms with Gasteiger partial charge in [0.05, 0.1) is 12.4 Å². The van der Waals surface area contributed by atoms with Gasteiger partial charge in [-0.1, -0.05) is 48.5 Å². The van der Waals surface area contributed by atoms with Crippen molar-refractivity contribution in [2.45, 2.75) is 18.2 Å². The molecule has 0 bridgehead atoms. The minimum Gasteiger partial charge on any atom is -0.493 e. The molecular weight excluding hydrogens is 348 g/mol. The Bertz CT molecular complexity index is 846. The maximum absolute atomic E-state index is 12.7. The van der Waals surface area contributed by atoms with Gasteiger partial charge in [0.15, 0.2) is 0 Å². The lowest BCUT2D eigenvalue weighted by atomic mass is 9.98. The van der Waals surface area contributed by atoms with Crippen molar-refractivity contribution in [3.63, 3.8) is 0 Å². The van der Waals surface area contributed by atoms with E-state index in [0.717, 1.165) is 30.8 Å². The zero-order valence-electron chi connectivity index (χ0n) is 14.8. The van der Waals surface area contributed by atoms with E-state index in [-0.39, 0.29) is 5.75 Å². The van der Waals surface area contributed by atoms with E-state index in [1.165, 1.54) is 5.56 Å². The molecule has 2 aromatic rings. The lowest BCUT2D eigenvalue weighted by Crippen LogP contribution is -2.50. The average Bonchev–Trinajstić information content (AvgIpc) is 2.68. The van der Waals surface area contributed by atoms with Crippen LogP contribution in [0.1, 0.15) is 23.6 Å². The molecule has 0 amide bonds. The molecule has 5 nitrogen and oxygen atoms in total. The van der Waals surface area contributed by atoms with E-state index in [1.807, 2.05) is 48.5 Å². The molecule has 2 aliphatic rings. The largest absolute Gasteiger partial charge is 0.493 e. The topological polar surface area (TPSA) is 49.9 Å². The van der Waals surface area contributed by atoms with Gasteiger partial charge in [-0.2, -0.15) is 4.31 Å². The molecule has 2 aromatic carbocycles. The number of nitrogens with zero attached hydrogens (tertiary/aromatic N) is 2. The van der Waals surface area contributed by atoms with Crippen molar-refractivity contribution >= 4 is 10.0 Å². The molecule has 2 aliphatic heterocycles. The summed E-state index contributed by atoms with van der Waals surface area (Å²) in [6.07, 6.45) is 0.952. The SMILES string of the molecule is O=S(=O)(Cc1ccccc1)N1CCN(C2CCOc3ccccc32)CC1. The van der Waals surface area contributed by atoms with Crippen molar-refractivity contribution in [2.24, 2.45) is 0 Å². The molecule has 2 heterocycles. The van der Waals surface area contributed by atoms with Gasteiger partial charge >= 0.3 is 0 Å². The lowest BCUT2D eigenvalue weighted by Gasteiger charge is -2.40. The zero-order chi connectivity index (χ0) is 18.0. The maximum Gasteiger partial charge on any atom is 0.218 e. The number of benzene rings is 2. The second-order valence-electron chi connectivity index (χ2n) is 6.87. The van der Waals surface area contributed by atoms with Crippen LogP contribution >= 0.6 is 0 Å². The number of para-hydroxylation sites is 1. The number of fused-ring (bicyclic) bond motifs is 1. The Morgan fingerprint density at radius 1 is 0.923 bits per heavy atom. The fourth-order valence-electron chi connectivity index (χ4n) is 3.87. The summed E-state index contributed by atoms with van der Waals surface area (Å²) in [4.78, 5) is 2.40. The summed E-state index contributed by atoms with van der Waals surface area (Å²) in [5.41, 5.74) is 2.06. The summed E-state index contributed by atoms with van der Waals surface area (Å²) in [6, 6.07) is 17.9. The molecule has 1 unspecified atom stereocenters. The zero-order valence-corrected chi connectivity index (χ0v) is 15.6. The molecule has 0 spiro atoms. The average molecular weight is 372 g/mol. The Hall–Kier alpha value is -1.89. The molecule has 0 aromatic heterocycles. The van der Waals surface area contributed by atoms with Crippen molar-refractivity contribution in [3.05, 3.63) is 65.7 Å². The van der Waals surface area contributed by atoms with Gasteiger partial charge < -0.3 is 4.74 Å². The van der Waals surface area contributed by atoms with E-state index >= 15 is 0 Å². The molecule has 0 saturated carbocycles. The second-order valence-corrected chi connectivity index (χ2v) is 8.84. The van der Waals surface area contributed by atoms with Gasteiger partial charge in [-0.05, 0) is 11.6 Å². The normalized spacial score (nSPS) is 21.8. The Labute approximate surface area is 155 Å². The molecule has 0 N–H and O–H groups in total. The fourth-order valence-corrected chi connectivity index (χ4v) is 5.39. The Morgan fingerprint density at radius 2 is 1.62 bits per heavy atom. The molecule has 4 rings (SSSR count). The Kier molecular flexibility index (Phi) is 4.98. The van der Waals surface area contributed by atoms with Gasteiger partial charge in [0.25, 0.3) is 0 Å². The summed E-state index contributed by atoms with van der Waals surface area (Å²) in [5, 5.41) is 0. The van der Waals surface area contributed by atoms with Crippen LogP contribution in [-0.4, -0.2) is 50.4 Å². The highest BCUT2D eigenvalue weighted by Crippen LogP contribution is 2.36. The van der Waals surface area contributed by atoms with Crippen LogP contribution in [0, 0.1) is 0 Å². The van der Waals surface area contributed by atoms with Crippen LogP contribution in [0.25, 0.3) is 0 Å². The van der Waals surface area contributed by atoms with Crippen LogP contribution in [0.3, 0.4) is 0 Å². The monoisotopic (exact) mass is 372 g/mol. The molecule has 6 heteroatoms. The minimum atomic E-state index is -3.27. The third-order valence-electron chi connectivity index (χ3n) is 5.23. The van der Waals surface area contributed by atoms with Crippen LogP contribution < -0.4 is 4.74 Å². The Morgan fingerprint density at radius 3 is 2.38 bits per heavy atom. The number of hydrogen-bond acceptors (Lipinski definition) is 4. The number of ether oxygens (including phenoxy) is 1. The smallest absolute Gasteiger partial charge is 0.218 e. The molecule has 1 saturated heterocycles. The number of piperazine rings is 1. The van der Waals surface area contributed by atoms with Crippen LogP contribution in [0.4, 0.5) is 0 Å². The fraction of sp³-hybridized carbons (Fsp3) is 0.400. The first-order valence-electron chi connectivity index (χ1n) is 9.11. The van der Waals surface area contributed by atoms with Gasteiger partial charge in [0.2, 0.25) is 10.0 Å². The van der Waals surface area contributed by atoms with Gasteiger partial charge in [0.1, 0.15) is 5.75 Å². The van der Waals surface area contributed by atoms with Crippen molar-refractivity contribution in [1.82, 2.24) is 9.21 Å². The Balaban J connectivity index is 1.42. The standard InChI is InChI=1S/C20H24N2O3S/c23-26(24,16-17-6-2-1-3-7-17)22-13-11-21(12-14-22)19-10-15-25-20-9-5-4-8-18(19)20/h1-9,19H,10-16H2. The lowest BCUT2D eigenvalue weighted by molar-refractivity contribution is 0.103. The molecule has 1 atom stereocenters. The molecule has 26 heavy (non-hydrogen) atoms. The molecule has 0 radical (unpaired) electrons. The first-order chi connectivity index (χ1) is 12.6. The van der Waals surface area contributed by atoms with Crippen LogP contribution in [0.15, 0.2) is 54.6 Å². The van der Waals surface area contributed by atoms with E-state index in [0.29, 0.717) is 25.7 Å². The molecule has 1 fully saturated rings. The highest BCUT2D eigenvalue weighted by molar-refractivity contribution is 7.88. The highest BCUT2D eigenvalue weighted by atomic mass is 32.2. The molecule has 0 aliphatic carbocycles. The van der Waals surface area contributed by atoms with Crippen molar-refractivity contribution in [3.8, 4) is 5.75 Å². The van der Waals surface area contributed by atoms with E-state index in [1.54, 1.807) is 4.31 Å².